The van der Waals surface area contributed by atoms with Crippen molar-refractivity contribution in [2.75, 3.05) is 14.1 Å². The number of benzene rings is 1. The van der Waals surface area contributed by atoms with E-state index < -0.39 is 66.1 Å². The highest BCUT2D eigenvalue weighted by Crippen LogP contribution is 2.52. The molecule has 0 heterocycles. The van der Waals surface area contributed by atoms with Crippen molar-refractivity contribution in [1.29, 1.82) is 0 Å². The molecule has 36 heavy (non-hydrogen) atoms. The predicted molar refractivity (Wildman–Crippen MR) is 134 cm³/mol. The lowest BCUT2D eigenvalue weighted by atomic mass is 9.58. The van der Waals surface area contributed by atoms with E-state index in [2.05, 4.69) is 31.1 Å². The van der Waals surface area contributed by atoms with Crippen molar-refractivity contribution < 1.29 is 34.8 Å². The smallest absolute Gasteiger partial charge is 0.255 e. The Morgan fingerprint density at radius 1 is 1.17 bits per heavy atom. The van der Waals surface area contributed by atoms with Crippen LogP contribution in [0.25, 0.3) is 0 Å². The third kappa shape index (κ3) is 3.66. The van der Waals surface area contributed by atoms with Crippen molar-refractivity contribution in [2.24, 2.45) is 17.6 Å². The molecule has 190 valence electrons. The molecule has 0 radical (unpaired) electrons. The maximum atomic E-state index is 13.7. The summed E-state index contributed by atoms with van der Waals surface area (Å²) in [4.78, 5) is 40.5. The number of amides is 1. The van der Waals surface area contributed by atoms with Crippen molar-refractivity contribution >= 4 is 25.5 Å². The summed E-state index contributed by atoms with van der Waals surface area (Å²) in [6.45, 7) is 6.25. The maximum Gasteiger partial charge on any atom is 0.255 e. The van der Waals surface area contributed by atoms with Crippen molar-refractivity contribution in [3.05, 3.63) is 51.5 Å². The lowest BCUT2D eigenvalue weighted by molar-refractivity contribution is -0.148. The average Bonchev–Trinajstić information content (AvgIpc) is 2.74. The van der Waals surface area contributed by atoms with Crippen LogP contribution in [0.2, 0.25) is 19.6 Å². The van der Waals surface area contributed by atoms with Crippen LogP contribution in [0.15, 0.2) is 34.8 Å². The summed E-state index contributed by atoms with van der Waals surface area (Å²) in [5, 5.41) is 44.3. The second-order valence-electron chi connectivity index (χ2n) is 10.9. The van der Waals surface area contributed by atoms with Crippen molar-refractivity contribution in [3.63, 3.8) is 0 Å². The third-order valence-corrected chi connectivity index (χ3v) is 8.05. The number of nitrogens with two attached hydrogens (primary N) is 1. The maximum absolute atomic E-state index is 13.7. The van der Waals surface area contributed by atoms with Gasteiger partial charge in [0.15, 0.2) is 11.4 Å². The number of rotatable bonds is 2. The summed E-state index contributed by atoms with van der Waals surface area (Å²) in [5.74, 6) is -3.51. The fourth-order valence-corrected chi connectivity index (χ4v) is 6.13. The van der Waals surface area contributed by atoms with Gasteiger partial charge < -0.3 is 26.2 Å². The van der Waals surface area contributed by atoms with E-state index >= 15 is 0 Å². The SMILES string of the molecule is CN(C)[C@@H]1C(O)=C(C(N)=O)C(=O)[C@@]2(O)C(O)=C3C(=O)c4c(O)ccc(C#C[Si](C)(C)C)c4C[C@H]3CC12. The zero-order valence-electron chi connectivity index (χ0n) is 20.8. The number of phenols is 1. The first-order valence-corrected chi connectivity index (χ1v) is 15.1. The topological polar surface area (TPSA) is 161 Å². The number of fused-ring (bicyclic) bond motifs is 3. The van der Waals surface area contributed by atoms with Crippen molar-refractivity contribution in [2.45, 2.75) is 44.1 Å². The molecule has 0 saturated carbocycles. The van der Waals surface area contributed by atoms with Crippen LogP contribution >= 0.6 is 0 Å². The zero-order chi connectivity index (χ0) is 26.9. The van der Waals surface area contributed by atoms with E-state index in [0.717, 1.165) is 0 Å². The van der Waals surface area contributed by atoms with Gasteiger partial charge in [-0.05, 0) is 50.6 Å². The van der Waals surface area contributed by atoms with Gasteiger partial charge in [0.25, 0.3) is 5.91 Å². The molecule has 3 aliphatic carbocycles. The van der Waals surface area contributed by atoms with E-state index in [0.29, 0.717) is 11.1 Å². The van der Waals surface area contributed by atoms with Gasteiger partial charge in [0, 0.05) is 17.1 Å². The number of phenolic OH excluding ortho intramolecular Hbond substituents is 1. The number of aliphatic hydroxyl groups is 3. The molecule has 10 heteroatoms. The van der Waals surface area contributed by atoms with Gasteiger partial charge in [-0.15, -0.1) is 5.54 Å². The second-order valence-corrected chi connectivity index (χ2v) is 15.7. The summed E-state index contributed by atoms with van der Waals surface area (Å²) >= 11 is 0. The summed E-state index contributed by atoms with van der Waals surface area (Å²) in [6, 6.07) is 2.00. The minimum Gasteiger partial charge on any atom is -0.510 e. The Labute approximate surface area is 209 Å². The molecule has 1 unspecified atom stereocenters. The molecule has 0 bridgehead atoms. The zero-order valence-corrected chi connectivity index (χ0v) is 21.8. The van der Waals surface area contributed by atoms with Gasteiger partial charge in [-0.3, -0.25) is 19.3 Å². The first-order valence-electron chi connectivity index (χ1n) is 11.6. The quantitative estimate of drug-likeness (QED) is 0.226. The molecule has 0 saturated heterocycles. The first kappa shape index (κ1) is 25.7. The number of allylic oxidation sites excluding steroid dienone is 1. The molecule has 0 fully saturated rings. The number of carbonyl (C=O) groups is 3. The highest BCUT2D eigenvalue weighted by atomic mass is 28.3. The highest BCUT2D eigenvalue weighted by Gasteiger charge is 2.63. The van der Waals surface area contributed by atoms with E-state index in [1.807, 2.05) is 0 Å². The molecule has 0 spiro atoms. The molecule has 1 aromatic carbocycles. The van der Waals surface area contributed by atoms with Crippen LogP contribution in [-0.2, 0) is 16.0 Å². The van der Waals surface area contributed by atoms with Crippen LogP contribution in [0, 0.1) is 23.3 Å². The van der Waals surface area contributed by atoms with Crippen LogP contribution < -0.4 is 5.73 Å². The van der Waals surface area contributed by atoms with Gasteiger partial charge in [-0.25, -0.2) is 0 Å². The summed E-state index contributed by atoms with van der Waals surface area (Å²) in [6.07, 6.45) is 0.265. The number of hydrogen-bond acceptors (Lipinski definition) is 8. The number of aliphatic hydroxyl groups excluding tert-OH is 2. The lowest BCUT2D eigenvalue weighted by Crippen LogP contribution is -2.63. The van der Waals surface area contributed by atoms with Gasteiger partial charge in [-0.2, -0.15) is 0 Å². The van der Waals surface area contributed by atoms with Crippen LogP contribution in [0.1, 0.15) is 27.9 Å². The molecule has 3 aliphatic rings. The second kappa shape index (κ2) is 8.33. The van der Waals surface area contributed by atoms with E-state index in [-0.39, 0.29) is 29.7 Å². The van der Waals surface area contributed by atoms with E-state index in [9.17, 15) is 34.8 Å². The molecule has 1 aromatic rings. The Bertz CT molecular complexity index is 1340. The normalized spacial score (nSPS) is 27.8. The van der Waals surface area contributed by atoms with Crippen molar-refractivity contribution in [3.8, 4) is 17.2 Å². The van der Waals surface area contributed by atoms with Crippen LogP contribution in [0.3, 0.4) is 0 Å². The third-order valence-electron chi connectivity index (χ3n) is 7.18. The molecule has 0 aromatic heterocycles. The van der Waals surface area contributed by atoms with Crippen LogP contribution in [0.5, 0.6) is 5.75 Å². The standard InChI is InChI=1S/C26H30N2O7Si/c1-28(2)20-15-11-13-10-14-12(8-9-36(3,4)5)6-7-16(29)18(14)21(30)17(13)23(32)26(15,35)24(33)19(22(20)31)25(27)34/h6-7,13,15,20,29,31-32,35H,10-11H2,1-5H3,(H2,27,34)/t13-,15?,20-,26-/m0/s1. The van der Waals surface area contributed by atoms with Crippen LogP contribution in [0.4, 0.5) is 0 Å². The molecular formula is C26H30N2O7Si. The lowest BCUT2D eigenvalue weighted by Gasteiger charge is -2.50. The number of ketones is 2. The predicted octanol–water partition coefficient (Wildman–Crippen LogP) is 1.35. The van der Waals surface area contributed by atoms with E-state index in [1.54, 1.807) is 20.2 Å². The summed E-state index contributed by atoms with van der Waals surface area (Å²) in [7, 11) is 1.43. The first-order chi connectivity index (χ1) is 16.6. The Balaban J connectivity index is 1.95. The number of aromatic hydroxyl groups is 1. The average molecular weight is 511 g/mol. The highest BCUT2D eigenvalue weighted by molar-refractivity contribution is 6.83. The van der Waals surface area contributed by atoms with Gasteiger partial charge in [0.1, 0.15) is 30.9 Å². The summed E-state index contributed by atoms with van der Waals surface area (Å²) < 4.78 is 0. The molecule has 9 nitrogen and oxygen atoms in total. The van der Waals surface area contributed by atoms with E-state index in [4.69, 9.17) is 5.73 Å². The van der Waals surface area contributed by atoms with E-state index in [1.165, 1.54) is 11.0 Å². The Hall–Kier alpha value is -3.39. The molecule has 4 atom stereocenters. The Morgan fingerprint density at radius 3 is 2.36 bits per heavy atom. The monoisotopic (exact) mass is 510 g/mol. The number of carbonyl (C=O) groups excluding carboxylic acids is 3. The Morgan fingerprint density at radius 2 is 1.81 bits per heavy atom. The molecule has 6 N–H and O–H groups in total. The molecular weight excluding hydrogens is 480 g/mol. The largest absolute Gasteiger partial charge is 0.510 e. The van der Waals surface area contributed by atoms with Gasteiger partial charge in [0.2, 0.25) is 5.78 Å². The number of primary amides is 1. The fraction of sp³-hybridized carbons (Fsp3) is 0.423. The number of nitrogens with zero attached hydrogens (tertiary/aromatic N) is 1. The van der Waals surface area contributed by atoms with Crippen LogP contribution in [-0.4, -0.2) is 76.6 Å². The van der Waals surface area contributed by atoms with Gasteiger partial charge in [-0.1, -0.05) is 25.6 Å². The number of likely N-dealkylation sites (N-methyl/N-ethyl adjacent to an activating group) is 1. The minimum absolute atomic E-state index is 0.0295. The van der Waals surface area contributed by atoms with Gasteiger partial charge >= 0.3 is 0 Å². The Kier molecular flexibility index (Phi) is 5.95. The number of hydrogen-bond donors (Lipinski definition) is 5. The number of Topliss-reactive ketones (excluding diaryl/α,β-unsaturated/α-hetero) is 2. The minimum atomic E-state index is -2.64. The van der Waals surface area contributed by atoms with Gasteiger partial charge in [0.05, 0.1) is 11.6 Å². The molecule has 4 rings (SSSR count). The fourth-order valence-electron chi connectivity index (χ4n) is 5.62. The molecule has 0 aliphatic heterocycles. The summed E-state index contributed by atoms with van der Waals surface area (Å²) in [5.41, 5.74) is 6.07. The molecule has 1 amide bonds. The van der Waals surface area contributed by atoms with Crippen molar-refractivity contribution in [1.82, 2.24) is 4.90 Å².